The molecule has 0 fully saturated rings. The van der Waals surface area contributed by atoms with Crippen LogP contribution in [0.15, 0.2) is 0 Å². The van der Waals surface area contributed by atoms with E-state index in [-0.39, 0.29) is 15.2 Å². The molecule has 0 aliphatic heterocycles. The van der Waals surface area contributed by atoms with Crippen molar-refractivity contribution >= 4 is 15.2 Å². The second kappa shape index (κ2) is 2.97. The van der Waals surface area contributed by atoms with E-state index in [2.05, 4.69) is 0 Å². The maximum absolute atomic E-state index is 7.53. The van der Waals surface area contributed by atoms with Crippen LogP contribution in [0, 0.1) is 10.2 Å². The molecule has 2 nitrogen and oxygen atoms in total. The molecule has 3 heteroatoms. The summed E-state index contributed by atoms with van der Waals surface area (Å²) in [6, 6.07) is 0. The van der Waals surface area contributed by atoms with E-state index in [4.69, 9.17) is 10.0 Å². The monoisotopic (exact) mass is 122 g/mol. The van der Waals surface area contributed by atoms with Gasteiger partial charge in [-0.15, -0.1) is 0 Å². The maximum atomic E-state index is 7.53. The van der Waals surface area contributed by atoms with Gasteiger partial charge in [-0.25, -0.2) is 0 Å². The molecule has 0 aromatic rings. The minimum atomic E-state index is -0.278. The summed E-state index contributed by atoms with van der Waals surface area (Å²) in [4.78, 5) is 1.77. The first kappa shape index (κ1) is 3.97. The number of hydrogen-bond donors (Lipinski definition) is 1. The van der Waals surface area contributed by atoms with Crippen LogP contribution in [0.3, 0.4) is 0 Å². The Balaban J connectivity index is 2.43. The molecule has 0 unspecified atom stereocenters. The molecular formula is CH2N2Se. The summed E-state index contributed by atoms with van der Waals surface area (Å²) in [5, 5.41) is 7.53. The van der Waals surface area contributed by atoms with Crippen LogP contribution in [-0.4, -0.2) is 15.2 Å². The number of rotatable bonds is 0. The van der Waals surface area contributed by atoms with Crippen molar-refractivity contribution in [3.8, 4) is 4.97 Å². The van der Waals surface area contributed by atoms with Gasteiger partial charge in [-0.1, -0.05) is 0 Å². The van der Waals surface area contributed by atoms with Gasteiger partial charge < -0.3 is 0 Å². The van der Waals surface area contributed by atoms with Gasteiger partial charge in [-0.05, 0) is 0 Å². The van der Waals surface area contributed by atoms with Gasteiger partial charge in [-0.2, -0.15) is 0 Å². The first-order valence-corrected chi connectivity index (χ1v) is 2.51. The summed E-state index contributed by atoms with van der Waals surface area (Å²) in [5.74, 6) is 0. The predicted molar refractivity (Wildman–Crippen MR) is 15.6 cm³/mol. The molecule has 2 N–H and O–H groups in total. The Bertz CT molecular complexity index is 35.8. The zero-order chi connectivity index (χ0) is 3.41. The van der Waals surface area contributed by atoms with Crippen LogP contribution in [0.4, 0.5) is 0 Å². The number of hydrogen-bond acceptors (Lipinski definition) is 2. The van der Waals surface area contributed by atoms with E-state index in [1.54, 1.807) is 4.97 Å². The van der Waals surface area contributed by atoms with E-state index in [1.165, 1.54) is 0 Å². The summed E-state index contributed by atoms with van der Waals surface area (Å²) >= 11 is -0.278. The minimum absolute atomic E-state index is 0.278. The van der Waals surface area contributed by atoms with E-state index in [9.17, 15) is 0 Å². The summed E-state index contributed by atoms with van der Waals surface area (Å²) in [7, 11) is 0. The van der Waals surface area contributed by atoms with Gasteiger partial charge in [0.2, 0.25) is 0 Å². The summed E-state index contributed by atoms with van der Waals surface area (Å²) in [5.41, 5.74) is 0. The zero-order valence-corrected chi connectivity index (χ0v) is 3.65. The average molecular weight is 121 g/mol. The van der Waals surface area contributed by atoms with Gasteiger partial charge in [-0.3, -0.25) is 0 Å². The summed E-state index contributed by atoms with van der Waals surface area (Å²) < 4.78 is 4.73. The molecule has 0 radical (unpaired) electrons. The number of nitrogens with zero attached hydrogens (tertiary/aromatic N) is 1. The van der Waals surface area contributed by atoms with Gasteiger partial charge in [0.15, 0.2) is 0 Å². The third-order valence-electron chi connectivity index (χ3n) is 0.0527. The molecule has 0 bridgehead atoms. The molecular weight excluding hydrogens is 119 g/mol. The first-order valence-electron chi connectivity index (χ1n) is 0.663. The van der Waals surface area contributed by atoms with Crippen molar-refractivity contribution in [1.82, 2.24) is 0 Å². The molecule has 4 heavy (non-hydrogen) atoms. The molecule has 0 aliphatic carbocycles. The van der Waals surface area contributed by atoms with Crippen LogP contribution in [-0.2, 0) is 0 Å². The summed E-state index contributed by atoms with van der Waals surface area (Å²) in [6.07, 6.45) is 0. The Morgan fingerprint density at radius 2 is 2.25 bits per heavy atom. The molecule has 0 amide bonds. The fourth-order valence-corrected chi connectivity index (χ4v) is 0. The molecule has 0 heterocycles. The van der Waals surface area contributed by atoms with E-state index in [0.717, 1.165) is 0 Å². The SMILES string of the molecule is N#C[Se]N. The van der Waals surface area contributed by atoms with Gasteiger partial charge in [0.05, 0.1) is 0 Å². The van der Waals surface area contributed by atoms with Crippen LogP contribution in [0.5, 0.6) is 0 Å². The second-order valence-electron chi connectivity index (χ2n) is 0.209. The zero-order valence-electron chi connectivity index (χ0n) is 1.93. The van der Waals surface area contributed by atoms with Crippen LogP contribution < -0.4 is 4.75 Å². The van der Waals surface area contributed by atoms with E-state index in [0.29, 0.717) is 0 Å². The first-order chi connectivity index (χ1) is 1.91. The third-order valence-corrected chi connectivity index (χ3v) is 0.274. The number of nitriles is 1. The average Bonchev–Trinajstić information content (AvgIpc) is 1.37. The van der Waals surface area contributed by atoms with E-state index < -0.39 is 0 Å². The molecule has 0 aromatic carbocycles. The van der Waals surface area contributed by atoms with Gasteiger partial charge in [0.1, 0.15) is 0 Å². The van der Waals surface area contributed by atoms with Gasteiger partial charge in [0.25, 0.3) is 0 Å². The van der Waals surface area contributed by atoms with Crippen molar-refractivity contribution in [2.24, 2.45) is 4.75 Å². The van der Waals surface area contributed by atoms with Gasteiger partial charge in [0, 0.05) is 0 Å². The van der Waals surface area contributed by atoms with Crippen molar-refractivity contribution in [3.05, 3.63) is 0 Å². The van der Waals surface area contributed by atoms with Crippen molar-refractivity contribution in [1.29, 1.82) is 5.26 Å². The second-order valence-corrected chi connectivity index (χ2v) is 1.09. The summed E-state index contributed by atoms with van der Waals surface area (Å²) in [6.45, 7) is 0. The van der Waals surface area contributed by atoms with E-state index >= 15 is 0 Å². The van der Waals surface area contributed by atoms with Crippen molar-refractivity contribution in [2.45, 2.75) is 0 Å². The predicted octanol–water partition coefficient (Wildman–Crippen LogP) is -0.955. The van der Waals surface area contributed by atoms with Crippen molar-refractivity contribution in [2.75, 3.05) is 0 Å². The molecule has 0 atom stereocenters. The fourth-order valence-electron chi connectivity index (χ4n) is 0. The Morgan fingerprint density at radius 3 is 2.25 bits per heavy atom. The Kier molecular flexibility index (Phi) is 2.95. The standard InChI is InChI=1S/CH2N2Se/c2-1-4-3/h3H2. The quantitative estimate of drug-likeness (QED) is 0.420. The van der Waals surface area contributed by atoms with Crippen molar-refractivity contribution < 1.29 is 0 Å². The molecule has 0 rings (SSSR count). The topological polar surface area (TPSA) is 49.8 Å². The molecule has 0 aromatic heterocycles. The Hall–Kier alpha value is -0.0305. The fraction of sp³-hybridized carbons (Fsp3) is 0. The Morgan fingerprint density at radius 1 is 2.00 bits per heavy atom. The van der Waals surface area contributed by atoms with Crippen LogP contribution in [0.2, 0.25) is 0 Å². The van der Waals surface area contributed by atoms with Crippen molar-refractivity contribution in [3.63, 3.8) is 0 Å². The van der Waals surface area contributed by atoms with E-state index in [1.807, 2.05) is 0 Å². The van der Waals surface area contributed by atoms with Crippen LogP contribution in [0.1, 0.15) is 0 Å². The van der Waals surface area contributed by atoms with Crippen LogP contribution in [0.25, 0.3) is 0 Å². The molecule has 0 aliphatic rings. The Labute approximate surface area is 31.0 Å². The molecule has 0 saturated carbocycles. The third kappa shape index (κ3) is 1.97. The van der Waals surface area contributed by atoms with Crippen LogP contribution >= 0.6 is 0 Å². The molecule has 22 valence electrons. The van der Waals surface area contributed by atoms with Gasteiger partial charge >= 0.3 is 30.2 Å². The normalized spacial score (nSPS) is 5.00. The number of nitrogens with two attached hydrogens (primary N) is 1. The molecule has 0 spiro atoms. The molecule has 0 saturated heterocycles.